The Kier molecular flexibility index (Phi) is 7.08. The number of nitro groups is 1. The molecule has 0 amide bonds. The first-order chi connectivity index (χ1) is 10.0. The number of rotatable bonds is 8. The first kappa shape index (κ1) is 17.4. The minimum absolute atomic E-state index is 0.0745. The molecule has 0 saturated carbocycles. The van der Waals surface area contributed by atoms with E-state index in [0.717, 1.165) is 23.5 Å². The highest BCUT2D eigenvalue weighted by molar-refractivity contribution is 7.99. The maximum atomic E-state index is 10.7. The summed E-state index contributed by atoms with van der Waals surface area (Å²) in [5.41, 5.74) is 0.767. The number of hydrogen-bond donors (Lipinski definition) is 0. The average molecular weight is 311 g/mol. The predicted octanol–water partition coefficient (Wildman–Crippen LogP) is 4.23. The molecule has 0 aromatic heterocycles. The molecule has 21 heavy (non-hydrogen) atoms. The molecule has 0 unspecified atom stereocenters. The zero-order valence-electron chi connectivity index (χ0n) is 12.8. The quantitative estimate of drug-likeness (QED) is 0.311. The molecule has 0 radical (unpaired) electrons. The third kappa shape index (κ3) is 4.97. The van der Waals surface area contributed by atoms with Crippen LogP contribution in [0.1, 0.15) is 32.3 Å². The van der Waals surface area contributed by atoms with Crippen molar-refractivity contribution in [2.45, 2.75) is 31.6 Å². The fourth-order valence-corrected chi connectivity index (χ4v) is 2.94. The highest BCUT2D eigenvalue weighted by Crippen LogP contribution is 2.39. The first-order valence-electron chi connectivity index (χ1n) is 6.75. The highest BCUT2D eigenvalue weighted by Gasteiger charge is 2.13. The molecule has 1 rings (SSSR count). The van der Waals surface area contributed by atoms with Gasteiger partial charge in [0.15, 0.2) is 0 Å². The largest absolute Gasteiger partial charge is 0.495 e. The molecule has 5 nitrogen and oxygen atoms in total. The van der Waals surface area contributed by atoms with Crippen molar-refractivity contribution >= 4 is 17.8 Å². The molecule has 116 valence electrons. The number of allylic oxidation sites excluding steroid dienone is 1. The molecule has 1 aromatic carbocycles. The van der Waals surface area contributed by atoms with Gasteiger partial charge in [-0.1, -0.05) is 13.3 Å². The normalized spacial score (nSPS) is 11.3. The average Bonchev–Trinajstić information content (AvgIpc) is 2.47. The number of methoxy groups -OCH3 is 2. The molecule has 0 aliphatic carbocycles. The van der Waals surface area contributed by atoms with Crippen molar-refractivity contribution in [2.75, 3.05) is 20.0 Å². The maximum Gasteiger partial charge on any atom is 0.243 e. The van der Waals surface area contributed by atoms with Crippen molar-refractivity contribution in [1.82, 2.24) is 0 Å². The Labute approximate surface area is 129 Å². The Morgan fingerprint density at radius 1 is 1.33 bits per heavy atom. The van der Waals surface area contributed by atoms with E-state index in [2.05, 4.69) is 6.92 Å². The number of unbranched alkanes of at least 4 members (excludes halogenated alkanes) is 1. The second-order valence-electron chi connectivity index (χ2n) is 4.50. The lowest BCUT2D eigenvalue weighted by Gasteiger charge is -2.13. The number of ether oxygens (including phenoxy) is 2. The van der Waals surface area contributed by atoms with Crippen LogP contribution in [0.25, 0.3) is 6.08 Å². The second kappa shape index (κ2) is 8.56. The van der Waals surface area contributed by atoms with E-state index >= 15 is 0 Å². The van der Waals surface area contributed by atoms with Crippen LogP contribution >= 0.6 is 11.8 Å². The summed E-state index contributed by atoms with van der Waals surface area (Å²) in [6.07, 6.45) is 3.74. The zero-order valence-corrected chi connectivity index (χ0v) is 13.7. The first-order valence-corrected chi connectivity index (χ1v) is 7.73. The van der Waals surface area contributed by atoms with Gasteiger partial charge >= 0.3 is 0 Å². The van der Waals surface area contributed by atoms with E-state index in [1.54, 1.807) is 38.1 Å². The van der Waals surface area contributed by atoms with Crippen LogP contribution in [0.5, 0.6) is 11.5 Å². The van der Waals surface area contributed by atoms with Crippen molar-refractivity contribution in [1.29, 1.82) is 0 Å². The SMILES string of the molecule is CCCCSc1c(OC)cc(/C=C(\C)[N+](=O)[O-])cc1OC. The topological polar surface area (TPSA) is 61.6 Å². The van der Waals surface area contributed by atoms with Gasteiger partial charge in [-0.05, 0) is 29.9 Å². The lowest BCUT2D eigenvalue weighted by molar-refractivity contribution is -0.422. The molecule has 6 heteroatoms. The van der Waals surface area contributed by atoms with Gasteiger partial charge in [0.25, 0.3) is 0 Å². The summed E-state index contributed by atoms with van der Waals surface area (Å²) >= 11 is 1.68. The third-order valence-corrected chi connectivity index (χ3v) is 4.07. The molecule has 1 aromatic rings. The number of hydrogen-bond acceptors (Lipinski definition) is 5. The van der Waals surface area contributed by atoms with Crippen molar-refractivity contribution in [3.63, 3.8) is 0 Å². The third-order valence-electron chi connectivity index (χ3n) is 2.89. The molecule has 0 spiro atoms. The summed E-state index contributed by atoms with van der Waals surface area (Å²) in [5, 5.41) is 10.7. The molecule has 0 N–H and O–H groups in total. The van der Waals surface area contributed by atoms with E-state index in [1.807, 2.05) is 0 Å². The molecule has 0 aliphatic rings. The highest BCUT2D eigenvalue weighted by atomic mass is 32.2. The van der Waals surface area contributed by atoms with Crippen LogP contribution in [-0.2, 0) is 0 Å². The number of thioether (sulfide) groups is 1. The van der Waals surface area contributed by atoms with E-state index in [0.29, 0.717) is 17.1 Å². The molecule has 0 heterocycles. The molecule has 0 fully saturated rings. The van der Waals surface area contributed by atoms with Gasteiger partial charge in [0.1, 0.15) is 11.5 Å². The van der Waals surface area contributed by atoms with Crippen LogP contribution < -0.4 is 9.47 Å². The van der Waals surface area contributed by atoms with Crippen LogP contribution in [0, 0.1) is 10.1 Å². The second-order valence-corrected chi connectivity index (χ2v) is 5.60. The molecular weight excluding hydrogens is 290 g/mol. The zero-order chi connectivity index (χ0) is 15.8. The molecule has 0 atom stereocenters. The van der Waals surface area contributed by atoms with Gasteiger partial charge in [0, 0.05) is 13.0 Å². The van der Waals surface area contributed by atoms with Crippen LogP contribution in [-0.4, -0.2) is 24.9 Å². The summed E-state index contributed by atoms with van der Waals surface area (Å²) in [4.78, 5) is 11.2. The van der Waals surface area contributed by atoms with Crippen molar-refractivity contribution < 1.29 is 14.4 Å². The van der Waals surface area contributed by atoms with Crippen LogP contribution in [0.3, 0.4) is 0 Å². The van der Waals surface area contributed by atoms with E-state index < -0.39 is 4.92 Å². The van der Waals surface area contributed by atoms with Crippen molar-refractivity contribution in [2.24, 2.45) is 0 Å². The van der Waals surface area contributed by atoms with Crippen LogP contribution in [0.15, 0.2) is 22.7 Å². The minimum Gasteiger partial charge on any atom is -0.495 e. The molecule has 0 aliphatic heterocycles. The summed E-state index contributed by atoms with van der Waals surface area (Å²) in [5.74, 6) is 2.34. The van der Waals surface area contributed by atoms with Gasteiger partial charge in [0.05, 0.1) is 24.0 Å². The van der Waals surface area contributed by atoms with Crippen LogP contribution in [0.4, 0.5) is 0 Å². The standard InChI is InChI=1S/C15H21NO4S/c1-5-6-7-21-15-13(19-3)9-12(10-14(15)20-4)8-11(2)16(17)18/h8-10H,5-7H2,1-4H3/b11-8+. The summed E-state index contributed by atoms with van der Waals surface area (Å²) < 4.78 is 10.8. The molecule has 0 saturated heterocycles. The van der Waals surface area contributed by atoms with E-state index in [9.17, 15) is 10.1 Å². The smallest absolute Gasteiger partial charge is 0.243 e. The van der Waals surface area contributed by atoms with Gasteiger partial charge in [-0.3, -0.25) is 10.1 Å². The summed E-state index contributed by atoms with van der Waals surface area (Å²) in [7, 11) is 3.18. The lowest BCUT2D eigenvalue weighted by atomic mass is 10.1. The predicted molar refractivity (Wildman–Crippen MR) is 85.8 cm³/mol. The Morgan fingerprint density at radius 3 is 2.33 bits per heavy atom. The van der Waals surface area contributed by atoms with Crippen molar-refractivity contribution in [3.05, 3.63) is 33.5 Å². The summed E-state index contributed by atoms with van der Waals surface area (Å²) in [6.45, 7) is 3.60. The van der Waals surface area contributed by atoms with Gasteiger partial charge in [-0.15, -0.1) is 11.8 Å². The van der Waals surface area contributed by atoms with E-state index in [-0.39, 0.29) is 5.70 Å². The van der Waals surface area contributed by atoms with Gasteiger partial charge in [0.2, 0.25) is 5.70 Å². The van der Waals surface area contributed by atoms with Gasteiger partial charge in [-0.25, -0.2) is 0 Å². The minimum atomic E-state index is -0.414. The molecule has 0 bridgehead atoms. The Morgan fingerprint density at radius 2 is 1.90 bits per heavy atom. The van der Waals surface area contributed by atoms with E-state index in [1.165, 1.54) is 13.0 Å². The van der Waals surface area contributed by atoms with Gasteiger partial charge < -0.3 is 9.47 Å². The summed E-state index contributed by atoms with van der Waals surface area (Å²) in [6, 6.07) is 3.59. The maximum absolute atomic E-state index is 10.7. The Bertz CT molecular complexity index is 503. The molecular formula is C15H21NO4S. The fourth-order valence-electron chi connectivity index (χ4n) is 1.74. The number of benzene rings is 1. The Hall–Kier alpha value is -1.69. The Balaban J connectivity index is 3.17. The van der Waals surface area contributed by atoms with Crippen molar-refractivity contribution in [3.8, 4) is 11.5 Å². The van der Waals surface area contributed by atoms with E-state index in [4.69, 9.17) is 9.47 Å². The van der Waals surface area contributed by atoms with Gasteiger partial charge in [-0.2, -0.15) is 0 Å². The number of nitrogens with zero attached hydrogens (tertiary/aromatic N) is 1. The monoisotopic (exact) mass is 311 g/mol. The van der Waals surface area contributed by atoms with Crippen LogP contribution in [0.2, 0.25) is 0 Å². The fraction of sp³-hybridized carbons (Fsp3) is 0.467. The lowest BCUT2D eigenvalue weighted by Crippen LogP contribution is -1.96.